The van der Waals surface area contributed by atoms with Crippen LogP contribution in [0.3, 0.4) is 0 Å². The summed E-state index contributed by atoms with van der Waals surface area (Å²) in [7, 11) is 0. The molecule has 7 heteroatoms. The van der Waals surface area contributed by atoms with E-state index >= 15 is 0 Å². The highest BCUT2D eigenvalue weighted by atomic mass is 79.9. The van der Waals surface area contributed by atoms with Gasteiger partial charge < -0.3 is 14.6 Å². The first-order chi connectivity index (χ1) is 7.49. The van der Waals surface area contributed by atoms with Crippen molar-refractivity contribution in [1.82, 2.24) is 5.32 Å². The van der Waals surface area contributed by atoms with E-state index in [9.17, 15) is 9.59 Å². The molecule has 0 aliphatic carbocycles. The average molecular weight is 292 g/mol. The highest BCUT2D eigenvalue weighted by Crippen LogP contribution is 2.13. The minimum absolute atomic E-state index is 0.163. The largest absolute Gasteiger partial charge is 0.481 e. The van der Waals surface area contributed by atoms with E-state index in [1.165, 1.54) is 0 Å². The standard InChI is InChI=1S/C9H10BrNO5/c10-7-2-1-5(16-7)4-11-6(9(14)15)3-8(12)13/h1-2,6,11H,3-4H2,(H,12,13)(H,14,15). The molecule has 16 heavy (non-hydrogen) atoms. The summed E-state index contributed by atoms with van der Waals surface area (Å²) in [6, 6.07) is 2.21. The Hall–Kier alpha value is -1.34. The van der Waals surface area contributed by atoms with Crippen LogP contribution in [0.5, 0.6) is 0 Å². The van der Waals surface area contributed by atoms with Gasteiger partial charge in [-0.15, -0.1) is 0 Å². The molecule has 88 valence electrons. The third-order valence-corrected chi connectivity index (χ3v) is 2.25. The lowest BCUT2D eigenvalue weighted by atomic mass is 10.2. The van der Waals surface area contributed by atoms with E-state index < -0.39 is 24.4 Å². The molecule has 3 N–H and O–H groups in total. The molecule has 0 aromatic carbocycles. The van der Waals surface area contributed by atoms with E-state index in [-0.39, 0.29) is 6.54 Å². The topological polar surface area (TPSA) is 99.8 Å². The molecule has 0 saturated carbocycles. The van der Waals surface area contributed by atoms with Crippen LogP contribution in [0.4, 0.5) is 0 Å². The molecule has 1 atom stereocenters. The maximum atomic E-state index is 10.7. The van der Waals surface area contributed by atoms with Crippen LogP contribution < -0.4 is 5.32 Å². The van der Waals surface area contributed by atoms with Crippen LogP contribution in [-0.2, 0) is 16.1 Å². The number of carbonyl (C=O) groups is 2. The summed E-state index contributed by atoms with van der Waals surface area (Å²) in [6.45, 7) is 0.163. The maximum Gasteiger partial charge on any atom is 0.321 e. The van der Waals surface area contributed by atoms with E-state index in [2.05, 4.69) is 21.2 Å². The van der Waals surface area contributed by atoms with Crippen LogP contribution >= 0.6 is 15.9 Å². The van der Waals surface area contributed by atoms with Crippen molar-refractivity contribution in [2.75, 3.05) is 0 Å². The van der Waals surface area contributed by atoms with E-state index in [1.807, 2.05) is 0 Å². The zero-order chi connectivity index (χ0) is 12.1. The van der Waals surface area contributed by atoms with Crippen molar-refractivity contribution in [3.05, 3.63) is 22.6 Å². The van der Waals surface area contributed by atoms with Gasteiger partial charge in [-0.1, -0.05) is 0 Å². The number of nitrogens with one attached hydrogen (secondary N) is 1. The number of aliphatic carboxylic acids is 2. The van der Waals surface area contributed by atoms with Gasteiger partial charge in [0, 0.05) is 0 Å². The van der Waals surface area contributed by atoms with Crippen molar-refractivity contribution < 1.29 is 24.2 Å². The molecule has 0 aliphatic heterocycles. The minimum Gasteiger partial charge on any atom is -0.481 e. The monoisotopic (exact) mass is 291 g/mol. The quantitative estimate of drug-likeness (QED) is 0.725. The number of hydrogen-bond donors (Lipinski definition) is 3. The second kappa shape index (κ2) is 5.66. The maximum absolute atomic E-state index is 10.7. The molecule has 1 aromatic rings. The van der Waals surface area contributed by atoms with Gasteiger partial charge in [-0.25, -0.2) is 0 Å². The molecular formula is C9H10BrNO5. The van der Waals surface area contributed by atoms with Crippen molar-refractivity contribution in [1.29, 1.82) is 0 Å². The van der Waals surface area contributed by atoms with Gasteiger partial charge in [0.15, 0.2) is 4.67 Å². The Morgan fingerprint density at radius 2 is 2.12 bits per heavy atom. The predicted octanol–water partition coefficient (Wildman–Crippen LogP) is 1.06. The first kappa shape index (κ1) is 12.7. The van der Waals surface area contributed by atoms with Crippen molar-refractivity contribution in [2.45, 2.75) is 19.0 Å². The first-order valence-electron chi connectivity index (χ1n) is 4.41. The minimum atomic E-state index is -1.20. The molecule has 1 unspecified atom stereocenters. The summed E-state index contributed by atoms with van der Waals surface area (Å²) >= 11 is 3.10. The molecule has 0 fully saturated rings. The van der Waals surface area contributed by atoms with Crippen LogP contribution in [0.15, 0.2) is 21.2 Å². The third kappa shape index (κ3) is 4.03. The Balaban J connectivity index is 2.50. The van der Waals surface area contributed by atoms with Gasteiger partial charge in [0.1, 0.15) is 11.8 Å². The van der Waals surface area contributed by atoms with E-state index in [0.29, 0.717) is 10.4 Å². The Morgan fingerprint density at radius 1 is 1.44 bits per heavy atom. The lowest BCUT2D eigenvalue weighted by Gasteiger charge is -2.10. The van der Waals surface area contributed by atoms with Gasteiger partial charge in [0.25, 0.3) is 0 Å². The number of furan rings is 1. The van der Waals surface area contributed by atoms with Crippen LogP contribution in [0.2, 0.25) is 0 Å². The van der Waals surface area contributed by atoms with Crippen LogP contribution in [0.1, 0.15) is 12.2 Å². The molecule has 0 radical (unpaired) electrons. The van der Waals surface area contributed by atoms with E-state index in [1.54, 1.807) is 12.1 Å². The van der Waals surface area contributed by atoms with E-state index in [0.717, 1.165) is 0 Å². The summed E-state index contributed by atoms with van der Waals surface area (Å²) in [5, 5.41) is 19.8. The van der Waals surface area contributed by atoms with Gasteiger partial charge in [-0.05, 0) is 28.1 Å². The summed E-state index contributed by atoms with van der Waals surface area (Å²) in [6.07, 6.45) is -0.475. The highest BCUT2D eigenvalue weighted by molar-refractivity contribution is 9.10. The zero-order valence-corrected chi connectivity index (χ0v) is 9.73. The van der Waals surface area contributed by atoms with Crippen molar-refractivity contribution in [2.24, 2.45) is 0 Å². The Bertz CT molecular complexity index is 389. The summed E-state index contributed by atoms with van der Waals surface area (Å²) in [4.78, 5) is 21.1. The summed E-state index contributed by atoms with van der Waals surface area (Å²) in [5.41, 5.74) is 0. The fourth-order valence-electron chi connectivity index (χ4n) is 1.09. The van der Waals surface area contributed by atoms with Crippen molar-refractivity contribution >= 4 is 27.9 Å². The SMILES string of the molecule is O=C(O)CC(NCc1ccc(Br)o1)C(=O)O. The van der Waals surface area contributed by atoms with Crippen LogP contribution in [0.25, 0.3) is 0 Å². The molecule has 6 nitrogen and oxygen atoms in total. The first-order valence-corrected chi connectivity index (χ1v) is 5.20. The molecule has 0 spiro atoms. The second-order valence-corrected chi connectivity index (χ2v) is 3.86. The Kier molecular flexibility index (Phi) is 4.51. The van der Waals surface area contributed by atoms with Gasteiger partial charge in [-0.2, -0.15) is 0 Å². The fourth-order valence-corrected chi connectivity index (χ4v) is 1.43. The van der Waals surface area contributed by atoms with Crippen LogP contribution in [0, 0.1) is 0 Å². The molecule has 1 rings (SSSR count). The fraction of sp³-hybridized carbons (Fsp3) is 0.333. The second-order valence-electron chi connectivity index (χ2n) is 3.08. The number of rotatable bonds is 6. The lowest BCUT2D eigenvalue weighted by Crippen LogP contribution is -2.37. The normalized spacial score (nSPS) is 12.3. The van der Waals surface area contributed by atoms with Gasteiger partial charge in [-0.3, -0.25) is 14.9 Å². The van der Waals surface area contributed by atoms with Crippen molar-refractivity contribution in [3.8, 4) is 0 Å². The number of hydrogen-bond acceptors (Lipinski definition) is 4. The van der Waals surface area contributed by atoms with E-state index in [4.69, 9.17) is 14.6 Å². The van der Waals surface area contributed by atoms with Crippen molar-refractivity contribution in [3.63, 3.8) is 0 Å². The average Bonchev–Trinajstić information content (AvgIpc) is 2.58. The van der Waals surface area contributed by atoms with Gasteiger partial charge in [0.2, 0.25) is 0 Å². The molecule has 0 aliphatic rings. The molecule has 0 bridgehead atoms. The Labute approximate surface area is 99.4 Å². The Morgan fingerprint density at radius 3 is 2.56 bits per heavy atom. The molecular weight excluding hydrogens is 282 g/mol. The van der Waals surface area contributed by atoms with Gasteiger partial charge >= 0.3 is 11.9 Å². The molecule has 0 amide bonds. The molecule has 0 saturated heterocycles. The number of carboxylic acid groups (broad SMARTS) is 2. The third-order valence-electron chi connectivity index (χ3n) is 1.83. The predicted molar refractivity (Wildman–Crippen MR) is 56.9 cm³/mol. The number of carboxylic acids is 2. The smallest absolute Gasteiger partial charge is 0.321 e. The zero-order valence-electron chi connectivity index (χ0n) is 8.14. The summed E-state index contributed by atoms with van der Waals surface area (Å²) in [5.74, 6) is -1.84. The lowest BCUT2D eigenvalue weighted by molar-refractivity contribution is -0.146. The molecule has 1 aromatic heterocycles. The number of halogens is 1. The molecule has 1 heterocycles. The van der Waals surface area contributed by atoms with Crippen LogP contribution in [-0.4, -0.2) is 28.2 Å². The highest BCUT2D eigenvalue weighted by Gasteiger charge is 2.20. The summed E-state index contributed by atoms with van der Waals surface area (Å²) < 4.78 is 5.67. The van der Waals surface area contributed by atoms with Gasteiger partial charge in [0.05, 0.1) is 13.0 Å².